The molecule has 0 aromatic heterocycles. The Morgan fingerprint density at radius 1 is 1.29 bits per heavy atom. The van der Waals surface area contributed by atoms with Crippen LogP contribution in [0.5, 0.6) is 0 Å². The van der Waals surface area contributed by atoms with E-state index in [1.807, 2.05) is 50.2 Å². The van der Waals surface area contributed by atoms with Crippen LogP contribution >= 0.6 is 0 Å². The number of nitrogens with zero attached hydrogens (tertiary/aromatic N) is 1. The summed E-state index contributed by atoms with van der Waals surface area (Å²) in [5, 5.41) is 2.71. The van der Waals surface area contributed by atoms with Crippen LogP contribution < -0.4 is 10.2 Å². The maximum absolute atomic E-state index is 11.0. The molecule has 0 bridgehead atoms. The molecule has 0 aliphatic carbocycles. The first-order valence-electron chi connectivity index (χ1n) is 5.66. The van der Waals surface area contributed by atoms with E-state index in [4.69, 9.17) is 0 Å². The first-order chi connectivity index (χ1) is 8.13. The van der Waals surface area contributed by atoms with E-state index in [0.717, 1.165) is 11.3 Å². The van der Waals surface area contributed by atoms with Gasteiger partial charge in [-0.1, -0.05) is 18.8 Å². The van der Waals surface area contributed by atoms with E-state index >= 15 is 0 Å². The van der Waals surface area contributed by atoms with Crippen molar-refractivity contribution in [3.8, 4) is 11.8 Å². The highest BCUT2D eigenvalue weighted by molar-refractivity contribution is 5.75. The number of amides is 1. The summed E-state index contributed by atoms with van der Waals surface area (Å²) in [6, 6.07) is 8.00. The molecule has 1 aromatic rings. The highest BCUT2D eigenvalue weighted by Gasteiger charge is 1.94. The SMILES string of the molecule is CCC(=O)NCC#Cc1ccc(N(C)C)cc1. The summed E-state index contributed by atoms with van der Waals surface area (Å²) >= 11 is 0. The molecule has 0 atom stereocenters. The molecule has 0 unspecified atom stereocenters. The molecule has 0 radical (unpaired) electrons. The van der Waals surface area contributed by atoms with Gasteiger partial charge in [0.25, 0.3) is 0 Å². The molecule has 1 N–H and O–H groups in total. The molecule has 0 spiro atoms. The van der Waals surface area contributed by atoms with E-state index < -0.39 is 0 Å². The lowest BCUT2D eigenvalue weighted by molar-refractivity contribution is -0.120. The minimum Gasteiger partial charge on any atom is -0.378 e. The van der Waals surface area contributed by atoms with E-state index in [0.29, 0.717) is 13.0 Å². The lowest BCUT2D eigenvalue weighted by atomic mass is 10.2. The van der Waals surface area contributed by atoms with Gasteiger partial charge in [0.2, 0.25) is 5.91 Å². The summed E-state index contributed by atoms with van der Waals surface area (Å²) in [6.45, 7) is 2.23. The van der Waals surface area contributed by atoms with Crippen LogP contribution in [0.3, 0.4) is 0 Å². The fraction of sp³-hybridized carbons (Fsp3) is 0.357. The number of anilines is 1. The van der Waals surface area contributed by atoms with Crippen molar-refractivity contribution in [1.82, 2.24) is 5.32 Å². The summed E-state index contributed by atoms with van der Waals surface area (Å²) < 4.78 is 0. The summed E-state index contributed by atoms with van der Waals surface area (Å²) in [5.74, 6) is 5.96. The topological polar surface area (TPSA) is 32.3 Å². The Bertz CT molecular complexity index is 424. The Hall–Kier alpha value is -1.95. The van der Waals surface area contributed by atoms with E-state index in [9.17, 15) is 4.79 Å². The average molecular weight is 230 g/mol. The van der Waals surface area contributed by atoms with E-state index in [-0.39, 0.29) is 5.91 Å². The van der Waals surface area contributed by atoms with Gasteiger partial charge in [-0.25, -0.2) is 0 Å². The number of hydrogen-bond donors (Lipinski definition) is 1. The van der Waals surface area contributed by atoms with Gasteiger partial charge in [0, 0.05) is 31.8 Å². The predicted octanol–water partition coefficient (Wildman–Crippen LogP) is 1.63. The highest BCUT2D eigenvalue weighted by Crippen LogP contribution is 2.11. The van der Waals surface area contributed by atoms with Crippen LogP contribution in [0.15, 0.2) is 24.3 Å². The Kier molecular flexibility index (Phi) is 5.09. The maximum Gasteiger partial charge on any atom is 0.220 e. The third kappa shape index (κ3) is 4.60. The molecule has 0 saturated carbocycles. The molecular formula is C14H18N2O. The van der Waals surface area contributed by atoms with Crippen molar-refractivity contribution in [2.75, 3.05) is 25.5 Å². The Labute approximate surface area is 103 Å². The first kappa shape index (κ1) is 13.1. The fourth-order valence-corrected chi connectivity index (χ4v) is 1.26. The van der Waals surface area contributed by atoms with Gasteiger partial charge in [-0.15, -0.1) is 0 Å². The average Bonchev–Trinajstić information content (AvgIpc) is 2.34. The summed E-state index contributed by atoms with van der Waals surface area (Å²) in [5.41, 5.74) is 2.11. The van der Waals surface area contributed by atoms with E-state index in [1.165, 1.54) is 0 Å². The summed E-state index contributed by atoms with van der Waals surface area (Å²) in [7, 11) is 4.00. The number of nitrogens with one attached hydrogen (secondary N) is 1. The standard InChI is InChI=1S/C14H18N2O/c1-4-14(17)15-11-5-6-12-7-9-13(10-8-12)16(2)3/h7-10H,4,11H2,1-3H3,(H,15,17). The number of rotatable bonds is 3. The normalized spacial score (nSPS) is 9.12. The molecule has 1 aromatic carbocycles. The molecule has 90 valence electrons. The quantitative estimate of drug-likeness (QED) is 0.800. The number of benzene rings is 1. The van der Waals surface area contributed by atoms with Crippen molar-refractivity contribution in [3.05, 3.63) is 29.8 Å². The molecular weight excluding hydrogens is 212 g/mol. The first-order valence-corrected chi connectivity index (χ1v) is 5.66. The monoisotopic (exact) mass is 230 g/mol. The predicted molar refractivity (Wildman–Crippen MR) is 70.9 cm³/mol. The fourth-order valence-electron chi connectivity index (χ4n) is 1.26. The number of carbonyl (C=O) groups excluding carboxylic acids is 1. The Morgan fingerprint density at radius 2 is 1.94 bits per heavy atom. The summed E-state index contributed by atoms with van der Waals surface area (Å²) in [4.78, 5) is 13.0. The lowest BCUT2D eigenvalue weighted by Gasteiger charge is -2.11. The van der Waals surface area contributed by atoms with Crippen LogP contribution in [0.2, 0.25) is 0 Å². The molecule has 0 heterocycles. The zero-order chi connectivity index (χ0) is 12.7. The van der Waals surface area contributed by atoms with E-state index in [1.54, 1.807) is 0 Å². The van der Waals surface area contributed by atoms with Crippen LogP contribution in [0, 0.1) is 11.8 Å². The molecule has 0 fully saturated rings. The van der Waals surface area contributed by atoms with Gasteiger partial charge in [0.15, 0.2) is 0 Å². The third-order valence-corrected chi connectivity index (χ3v) is 2.31. The second kappa shape index (κ2) is 6.59. The maximum atomic E-state index is 11.0. The van der Waals surface area contributed by atoms with Crippen molar-refractivity contribution in [2.24, 2.45) is 0 Å². The van der Waals surface area contributed by atoms with Crippen molar-refractivity contribution < 1.29 is 4.79 Å². The van der Waals surface area contributed by atoms with Crippen molar-refractivity contribution in [1.29, 1.82) is 0 Å². The second-order valence-corrected chi connectivity index (χ2v) is 3.87. The van der Waals surface area contributed by atoms with Crippen LogP contribution in [-0.4, -0.2) is 26.5 Å². The minimum atomic E-state index is 0.0299. The van der Waals surface area contributed by atoms with Crippen molar-refractivity contribution in [2.45, 2.75) is 13.3 Å². The molecule has 0 aliphatic rings. The summed E-state index contributed by atoms with van der Waals surface area (Å²) in [6.07, 6.45) is 0.499. The Morgan fingerprint density at radius 3 is 2.47 bits per heavy atom. The van der Waals surface area contributed by atoms with Crippen LogP contribution in [-0.2, 0) is 4.79 Å². The minimum absolute atomic E-state index is 0.0299. The van der Waals surface area contributed by atoms with Gasteiger partial charge in [-0.2, -0.15) is 0 Å². The van der Waals surface area contributed by atoms with Crippen LogP contribution in [0.25, 0.3) is 0 Å². The molecule has 17 heavy (non-hydrogen) atoms. The largest absolute Gasteiger partial charge is 0.378 e. The van der Waals surface area contributed by atoms with Crippen LogP contribution in [0.1, 0.15) is 18.9 Å². The second-order valence-electron chi connectivity index (χ2n) is 3.87. The number of hydrogen-bond acceptors (Lipinski definition) is 2. The van der Waals surface area contributed by atoms with Crippen molar-refractivity contribution in [3.63, 3.8) is 0 Å². The number of carbonyl (C=O) groups is 1. The molecule has 0 aliphatic heterocycles. The molecule has 1 rings (SSSR count). The highest BCUT2D eigenvalue weighted by atomic mass is 16.1. The molecule has 3 nitrogen and oxygen atoms in total. The van der Waals surface area contributed by atoms with Gasteiger partial charge in [0.05, 0.1) is 6.54 Å². The van der Waals surface area contributed by atoms with Gasteiger partial charge >= 0.3 is 0 Å². The Balaban J connectivity index is 2.52. The van der Waals surface area contributed by atoms with Gasteiger partial charge in [-0.05, 0) is 24.3 Å². The zero-order valence-electron chi connectivity index (χ0n) is 10.6. The van der Waals surface area contributed by atoms with Crippen molar-refractivity contribution >= 4 is 11.6 Å². The van der Waals surface area contributed by atoms with Gasteiger partial charge < -0.3 is 10.2 Å². The smallest absolute Gasteiger partial charge is 0.220 e. The molecule has 3 heteroatoms. The third-order valence-electron chi connectivity index (χ3n) is 2.31. The molecule has 1 amide bonds. The molecule has 0 saturated heterocycles. The van der Waals surface area contributed by atoms with Crippen LogP contribution in [0.4, 0.5) is 5.69 Å². The van der Waals surface area contributed by atoms with E-state index in [2.05, 4.69) is 17.2 Å². The van der Waals surface area contributed by atoms with Gasteiger partial charge in [-0.3, -0.25) is 4.79 Å². The van der Waals surface area contributed by atoms with Gasteiger partial charge in [0.1, 0.15) is 0 Å². The zero-order valence-corrected chi connectivity index (χ0v) is 10.6. The lowest BCUT2D eigenvalue weighted by Crippen LogP contribution is -2.22.